The van der Waals surface area contributed by atoms with Gasteiger partial charge in [0.25, 0.3) is 0 Å². The maximum absolute atomic E-state index is 13.3. The van der Waals surface area contributed by atoms with E-state index in [0.717, 1.165) is 28.1 Å². The summed E-state index contributed by atoms with van der Waals surface area (Å²) in [7, 11) is 0. The molecule has 2 aromatic carbocycles. The van der Waals surface area contributed by atoms with Gasteiger partial charge in [-0.2, -0.15) is 13.2 Å². The summed E-state index contributed by atoms with van der Waals surface area (Å²) in [6.45, 7) is 7.27. The first-order valence-corrected chi connectivity index (χ1v) is 9.86. The molecule has 6 heteroatoms. The molecule has 0 bridgehead atoms. The molecule has 0 fully saturated rings. The summed E-state index contributed by atoms with van der Waals surface area (Å²) in [5.41, 5.74) is 1.40. The minimum Gasteiger partial charge on any atom is -0.508 e. The van der Waals surface area contributed by atoms with Crippen molar-refractivity contribution in [2.75, 3.05) is 0 Å². The molecule has 3 rings (SSSR count). The molecule has 2 nitrogen and oxygen atoms in total. The van der Waals surface area contributed by atoms with Crippen LogP contribution in [0.1, 0.15) is 45.8 Å². The first-order valence-electron chi connectivity index (χ1n) is 9.04. The minimum absolute atomic E-state index is 0.0664. The van der Waals surface area contributed by atoms with Crippen LogP contribution >= 0.6 is 11.3 Å². The van der Waals surface area contributed by atoms with E-state index in [1.807, 2.05) is 26.8 Å². The Morgan fingerprint density at radius 3 is 2.03 bits per heavy atom. The normalized spacial score (nSPS) is 12.2. The van der Waals surface area contributed by atoms with Crippen LogP contribution in [-0.4, -0.2) is 10.9 Å². The lowest BCUT2D eigenvalue weighted by Crippen LogP contribution is -2.29. The Kier molecular flexibility index (Phi) is 5.34. The van der Waals surface area contributed by atoms with E-state index >= 15 is 0 Å². The number of alkyl halides is 3. The molecule has 0 aliphatic rings. The summed E-state index contributed by atoms with van der Waals surface area (Å²) in [5.74, 6) is 0.108. The number of halogens is 3. The third kappa shape index (κ3) is 4.08. The SMILES string of the molecule is Cc1cc(C(C)(C)C(=O)c2sc(-c3ccc(C(F)(F)F)cc3)cc2C)ccc1O. The molecular weight excluding hydrogens is 397 g/mol. The lowest BCUT2D eigenvalue weighted by atomic mass is 9.79. The van der Waals surface area contributed by atoms with Crippen LogP contribution in [0, 0.1) is 13.8 Å². The summed E-state index contributed by atoms with van der Waals surface area (Å²) in [6.07, 6.45) is -4.38. The van der Waals surface area contributed by atoms with Gasteiger partial charge in [-0.05, 0) is 74.2 Å². The maximum atomic E-state index is 13.3. The van der Waals surface area contributed by atoms with Crippen molar-refractivity contribution in [1.29, 1.82) is 0 Å². The second-order valence-corrected chi connectivity index (χ2v) is 8.71. The number of hydrogen-bond donors (Lipinski definition) is 1. The molecule has 0 aliphatic heterocycles. The molecule has 29 heavy (non-hydrogen) atoms. The number of thiophene rings is 1. The molecule has 1 N–H and O–H groups in total. The second-order valence-electron chi connectivity index (χ2n) is 7.65. The lowest BCUT2D eigenvalue weighted by Gasteiger charge is -2.24. The highest BCUT2D eigenvalue weighted by atomic mass is 32.1. The van der Waals surface area contributed by atoms with Crippen LogP contribution in [0.15, 0.2) is 48.5 Å². The molecule has 152 valence electrons. The Hall–Kier alpha value is -2.60. The molecule has 0 amide bonds. The largest absolute Gasteiger partial charge is 0.508 e. The third-order valence-corrected chi connectivity index (χ3v) is 6.39. The summed E-state index contributed by atoms with van der Waals surface area (Å²) < 4.78 is 38.4. The number of aromatic hydroxyl groups is 1. The van der Waals surface area contributed by atoms with E-state index in [4.69, 9.17) is 0 Å². The van der Waals surface area contributed by atoms with Gasteiger partial charge in [0, 0.05) is 4.88 Å². The van der Waals surface area contributed by atoms with Crippen LogP contribution < -0.4 is 0 Å². The van der Waals surface area contributed by atoms with Crippen LogP contribution in [0.4, 0.5) is 13.2 Å². The van der Waals surface area contributed by atoms with Crippen molar-refractivity contribution < 1.29 is 23.1 Å². The number of carbonyl (C=O) groups is 1. The fraction of sp³-hybridized carbons (Fsp3) is 0.261. The number of rotatable bonds is 4. The molecule has 3 aromatic rings. The molecule has 0 spiro atoms. The Labute approximate surface area is 171 Å². The molecule has 0 aliphatic carbocycles. The van der Waals surface area contributed by atoms with Crippen LogP contribution in [0.3, 0.4) is 0 Å². The highest BCUT2D eigenvalue weighted by Gasteiger charge is 2.33. The number of carbonyl (C=O) groups excluding carboxylic acids is 1. The van der Waals surface area contributed by atoms with Crippen molar-refractivity contribution in [1.82, 2.24) is 0 Å². The number of Topliss-reactive ketones (excluding diaryl/α,β-unsaturated/α-hetero) is 1. The van der Waals surface area contributed by atoms with Crippen molar-refractivity contribution in [2.45, 2.75) is 39.3 Å². The zero-order valence-corrected chi connectivity index (χ0v) is 17.3. The van der Waals surface area contributed by atoms with Crippen LogP contribution in [0.2, 0.25) is 0 Å². The molecule has 0 atom stereocenters. The first kappa shape index (κ1) is 21.1. The number of ketones is 1. The van der Waals surface area contributed by atoms with Gasteiger partial charge in [0.1, 0.15) is 5.75 Å². The molecule has 0 saturated carbocycles. The molecule has 0 saturated heterocycles. The van der Waals surface area contributed by atoms with E-state index in [0.29, 0.717) is 16.0 Å². The highest BCUT2D eigenvalue weighted by molar-refractivity contribution is 7.17. The standard InChI is InChI=1S/C23H21F3O2S/c1-13-11-17(9-10-18(13)27)22(3,4)21(28)20-14(2)12-19(29-20)15-5-7-16(8-6-15)23(24,25)26/h5-12,27H,1-4H3. The average molecular weight is 418 g/mol. The zero-order chi connectivity index (χ0) is 21.6. The highest BCUT2D eigenvalue weighted by Crippen LogP contribution is 2.38. The number of phenolic OH excluding ortho intramolecular Hbond substituents is 1. The van der Waals surface area contributed by atoms with Crippen LogP contribution in [0.5, 0.6) is 5.75 Å². The van der Waals surface area contributed by atoms with Gasteiger partial charge < -0.3 is 5.11 Å². The van der Waals surface area contributed by atoms with E-state index in [9.17, 15) is 23.1 Å². The average Bonchev–Trinajstić information content (AvgIpc) is 3.04. The van der Waals surface area contributed by atoms with E-state index < -0.39 is 17.2 Å². The molecule has 1 aromatic heterocycles. The van der Waals surface area contributed by atoms with Crippen molar-refractivity contribution in [2.24, 2.45) is 0 Å². The summed E-state index contributed by atoms with van der Waals surface area (Å²) in [5, 5.41) is 9.76. The van der Waals surface area contributed by atoms with E-state index in [-0.39, 0.29) is 11.5 Å². The monoisotopic (exact) mass is 418 g/mol. The Balaban J connectivity index is 1.95. The van der Waals surface area contributed by atoms with E-state index in [1.165, 1.54) is 23.5 Å². The number of phenols is 1. The fourth-order valence-electron chi connectivity index (χ4n) is 3.13. The van der Waals surface area contributed by atoms with Gasteiger partial charge in [-0.25, -0.2) is 0 Å². The summed E-state index contributed by atoms with van der Waals surface area (Å²) in [4.78, 5) is 14.6. The van der Waals surface area contributed by atoms with Gasteiger partial charge in [-0.1, -0.05) is 24.3 Å². The Morgan fingerprint density at radius 1 is 0.897 bits per heavy atom. The van der Waals surface area contributed by atoms with Gasteiger partial charge >= 0.3 is 6.18 Å². The first-order chi connectivity index (χ1) is 13.4. The Bertz CT molecular complexity index is 1060. The van der Waals surface area contributed by atoms with E-state index in [1.54, 1.807) is 25.1 Å². The number of benzene rings is 2. The number of aryl methyl sites for hydroxylation is 2. The molecule has 0 unspecified atom stereocenters. The van der Waals surface area contributed by atoms with Gasteiger partial charge in [-0.15, -0.1) is 11.3 Å². The molecular formula is C23H21F3O2S. The van der Waals surface area contributed by atoms with Crippen LogP contribution in [-0.2, 0) is 11.6 Å². The summed E-state index contributed by atoms with van der Waals surface area (Å²) in [6, 6.07) is 11.9. The lowest BCUT2D eigenvalue weighted by molar-refractivity contribution is -0.137. The number of hydrogen-bond acceptors (Lipinski definition) is 3. The predicted octanol–water partition coefficient (Wildman–Crippen LogP) is 6.92. The third-order valence-electron chi connectivity index (χ3n) is 5.11. The second kappa shape index (κ2) is 7.34. The van der Waals surface area contributed by atoms with Crippen molar-refractivity contribution in [3.8, 4) is 16.2 Å². The van der Waals surface area contributed by atoms with Gasteiger partial charge in [-0.3, -0.25) is 4.79 Å². The van der Waals surface area contributed by atoms with Gasteiger partial charge in [0.2, 0.25) is 0 Å². The van der Waals surface area contributed by atoms with Gasteiger partial charge in [0.05, 0.1) is 15.9 Å². The maximum Gasteiger partial charge on any atom is 0.416 e. The molecule has 1 heterocycles. The van der Waals surface area contributed by atoms with Crippen molar-refractivity contribution >= 4 is 17.1 Å². The van der Waals surface area contributed by atoms with Crippen molar-refractivity contribution in [3.63, 3.8) is 0 Å². The van der Waals surface area contributed by atoms with Crippen LogP contribution in [0.25, 0.3) is 10.4 Å². The Morgan fingerprint density at radius 2 is 1.48 bits per heavy atom. The zero-order valence-electron chi connectivity index (χ0n) is 16.5. The fourth-order valence-corrected chi connectivity index (χ4v) is 4.41. The summed E-state index contributed by atoms with van der Waals surface area (Å²) >= 11 is 1.28. The topological polar surface area (TPSA) is 37.3 Å². The van der Waals surface area contributed by atoms with Gasteiger partial charge in [0.15, 0.2) is 5.78 Å². The van der Waals surface area contributed by atoms with Crippen molar-refractivity contribution in [3.05, 3.63) is 75.7 Å². The quantitative estimate of drug-likeness (QED) is 0.467. The smallest absolute Gasteiger partial charge is 0.416 e. The predicted molar refractivity (Wildman–Crippen MR) is 110 cm³/mol. The molecule has 0 radical (unpaired) electrons. The minimum atomic E-state index is -4.38. The van der Waals surface area contributed by atoms with E-state index in [2.05, 4.69) is 0 Å².